The molecule has 8 aromatic carbocycles. The first-order chi connectivity index (χ1) is 49.1. The summed E-state index contributed by atoms with van der Waals surface area (Å²) in [4.78, 5) is 48.4. The molecule has 20 nitrogen and oxygen atoms in total. The first-order valence-electron chi connectivity index (χ1n) is 34.9. The van der Waals surface area contributed by atoms with Crippen LogP contribution in [0, 0.1) is 0 Å². The van der Waals surface area contributed by atoms with Crippen molar-refractivity contribution in [2.45, 2.75) is 55.4 Å². The lowest BCUT2D eigenvalue weighted by atomic mass is 10.1. The normalized spacial score (nSPS) is 11.4. The predicted octanol–water partition coefficient (Wildman–Crippen LogP) is 16.1. The Morgan fingerprint density at radius 1 is 0.240 bits per heavy atom. The number of aromatic amines is 2. The van der Waals surface area contributed by atoms with Gasteiger partial charge in [-0.3, -0.25) is 0 Å². The maximum atomic E-state index is 6.45. The van der Waals surface area contributed by atoms with Gasteiger partial charge in [-0.1, -0.05) is 24.3 Å². The highest BCUT2D eigenvalue weighted by Gasteiger charge is 2.25. The number of aromatic nitrogens is 8. The van der Waals surface area contributed by atoms with Gasteiger partial charge in [0.2, 0.25) is 0 Å². The minimum absolute atomic E-state index is 0.287. The Balaban J connectivity index is 0.885. The van der Waals surface area contributed by atoms with Crippen molar-refractivity contribution in [1.82, 2.24) is 39.9 Å². The van der Waals surface area contributed by atoms with Crippen LogP contribution >= 0.6 is 0 Å². The maximum Gasteiger partial charge on any atom is 0.164 e. The highest BCUT2D eigenvalue weighted by atomic mass is 16.5. The van der Waals surface area contributed by atoms with E-state index in [1.165, 1.54) is 0 Å². The van der Waals surface area contributed by atoms with Crippen LogP contribution in [-0.4, -0.2) is 145 Å². The molecular weight excluding hydrogens is 1260 g/mol. The van der Waals surface area contributed by atoms with E-state index >= 15 is 0 Å². The molecule has 5 heterocycles. The van der Waals surface area contributed by atoms with Crippen molar-refractivity contribution in [3.05, 3.63) is 170 Å². The summed E-state index contributed by atoms with van der Waals surface area (Å²) in [6.45, 7) is 26.8. The van der Waals surface area contributed by atoms with Crippen LogP contribution in [0.4, 0.5) is 22.7 Å². The fourth-order valence-corrected chi connectivity index (χ4v) is 12.8. The standard InChI is InChI=1S/C80H86N12O8/c1-9-89(10-2)53-21-17-25-57(45-53)93-37-41-97-61-29-33-65-69(49-61)77-81-73(65)86-78-71-51-63(99-43-39-95-59-27-19-23-55(47-59)91(13-5)14-6)31-35-67(71)75(83-78)88-80-72-52-64(100-44-40-96-60-28-20-24-56(48-60)92(15-7)16-8)32-36-68(72)76(84-80)87-79-70-50-62(30-34-66(70)74(82-79)85-77)98-42-38-94-58-26-18-22-54(46-58)90(11-3)12-4/h17-36,45-52H,9-16,37-44H2,1-8H3,(H2,81,82,83,84,85,86,87,88). The van der Waals surface area contributed by atoms with E-state index in [1.807, 2.05) is 121 Å². The van der Waals surface area contributed by atoms with Gasteiger partial charge >= 0.3 is 0 Å². The second-order valence-corrected chi connectivity index (χ2v) is 23.9. The molecule has 2 aliphatic rings. The van der Waals surface area contributed by atoms with Crippen molar-refractivity contribution in [2.75, 3.05) is 125 Å². The van der Waals surface area contributed by atoms with E-state index in [0.717, 1.165) is 131 Å². The Bertz CT molecular complexity index is 4530. The molecule has 0 aliphatic carbocycles. The van der Waals surface area contributed by atoms with E-state index in [9.17, 15) is 0 Å². The Labute approximate surface area is 583 Å². The molecule has 13 rings (SSSR count). The summed E-state index contributed by atoms with van der Waals surface area (Å²) in [6.07, 6.45) is 0. The molecule has 11 aromatic rings. The van der Waals surface area contributed by atoms with Gasteiger partial charge in [0.05, 0.1) is 0 Å². The zero-order chi connectivity index (χ0) is 68.9. The number of nitrogens with one attached hydrogen (secondary N) is 2. The zero-order valence-corrected chi connectivity index (χ0v) is 58.2. The molecule has 514 valence electrons. The number of hydrogen-bond acceptors (Lipinski definition) is 18. The van der Waals surface area contributed by atoms with Crippen LogP contribution in [0.25, 0.3) is 89.7 Å². The summed E-state index contributed by atoms with van der Waals surface area (Å²) in [7, 11) is 0. The fourth-order valence-electron chi connectivity index (χ4n) is 12.8. The van der Waals surface area contributed by atoms with Gasteiger partial charge < -0.3 is 67.5 Å². The number of nitrogens with zero attached hydrogens (tertiary/aromatic N) is 10. The van der Waals surface area contributed by atoms with Gasteiger partial charge in [0, 0.05) is 143 Å². The Morgan fingerprint density at radius 3 is 0.760 bits per heavy atom. The highest BCUT2D eigenvalue weighted by Crippen LogP contribution is 2.41. The number of rotatable bonds is 32. The molecule has 2 aliphatic heterocycles. The first-order valence-corrected chi connectivity index (χ1v) is 34.9. The van der Waals surface area contributed by atoms with E-state index in [-0.39, 0.29) is 26.4 Å². The lowest BCUT2D eigenvalue weighted by molar-refractivity contribution is 0.217. The molecule has 100 heavy (non-hydrogen) atoms. The lowest BCUT2D eigenvalue weighted by Crippen LogP contribution is -2.21. The second-order valence-electron chi connectivity index (χ2n) is 23.9. The zero-order valence-electron chi connectivity index (χ0n) is 58.2. The topological polar surface area (TPSA) is 196 Å². The highest BCUT2D eigenvalue weighted by molar-refractivity contribution is 6.07. The molecule has 2 N–H and O–H groups in total. The van der Waals surface area contributed by atoms with Crippen molar-refractivity contribution >= 4 is 66.9 Å². The van der Waals surface area contributed by atoms with Crippen LogP contribution in [0.3, 0.4) is 0 Å². The van der Waals surface area contributed by atoms with Crippen molar-refractivity contribution in [2.24, 2.45) is 0 Å². The molecule has 0 unspecified atom stereocenters. The SMILES string of the molecule is CCN(CC)c1cccc(OCCOc2ccc3c(c2)-c2nc-3nc3[nH]c(nc4nc(nc5[nH]c(n2)c2ccc(OCCOc6cccc(N(CC)CC)c6)cc52)-c2ccc(OCCOc5cccc(N(CC)CC)c5)cc2-4)c2ccc(OCCOc4cccc(N(CC)CC)c4)cc32)c1. The molecule has 0 amide bonds. The molecule has 0 saturated carbocycles. The predicted molar refractivity (Wildman–Crippen MR) is 400 cm³/mol. The number of ether oxygens (including phenoxy) is 8. The van der Waals surface area contributed by atoms with Gasteiger partial charge in [0.1, 0.15) is 121 Å². The number of H-pyrrole nitrogens is 2. The molecule has 8 bridgehead atoms. The Hall–Kier alpha value is -11.3. The lowest BCUT2D eigenvalue weighted by Gasteiger charge is -2.21. The van der Waals surface area contributed by atoms with Gasteiger partial charge in [-0.15, -0.1) is 0 Å². The largest absolute Gasteiger partial charge is 0.490 e. The van der Waals surface area contributed by atoms with E-state index in [0.29, 0.717) is 106 Å². The summed E-state index contributed by atoms with van der Waals surface area (Å²) in [5.74, 6) is 7.22. The van der Waals surface area contributed by atoms with Gasteiger partial charge in [-0.2, -0.15) is 0 Å². The molecule has 0 saturated heterocycles. The maximum absolute atomic E-state index is 6.45. The van der Waals surface area contributed by atoms with Crippen molar-refractivity contribution in [1.29, 1.82) is 0 Å². The quantitative estimate of drug-likeness (QED) is 0.0377. The van der Waals surface area contributed by atoms with Crippen LogP contribution in [-0.2, 0) is 0 Å². The fraction of sp³-hybridized carbons (Fsp3) is 0.300. The van der Waals surface area contributed by atoms with E-state index in [2.05, 4.69) is 133 Å². The van der Waals surface area contributed by atoms with Crippen molar-refractivity contribution in [3.8, 4) is 91.5 Å². The summed E-state index contributed by atoms with van der Waals surface area (Å²) < 4.78 is 50.8. The van der Waals surface area contributed by atoms with Crippen molar-refractivity contribution < 1.29 is 37.9 Å². The smallest absolute Gasteiger partial charge is 0.164 e. The first kappa shape index (κ1) is 67.3. The van der Waals surface area contributed by atoms with Crippen molar-refractivity contribution in [3.63, 3.8) is 0 Å². The molecular formula is C80H86N12O8. The molecule has 0 spiro atoms. The van der Waals surface area contributed by atoms with E-state index < -0.39 is 0 Å². The number of anilines is 4. The van der Waals surface area contributed by atoms with Gasteiger partial charge in [0.25, 0.3) is 0 Å². The molecule has 0 atom stereocenters. The summed E-state index contributed by atoms with van der Waals surface area (Å²) in [6, 6.07) is 56.1. The molecule has 0 fully saturated rings. The molecule has 0 radical (unpaired) electrons. The van der Waals surface area contributed by atoms with Crippen LogP contribution in [0.15, 0.2) is 170 Å². The average Bonchev–Trinajstić information content (AvgIpc) is 1.60. The summed E-state index contributed by atoms with van der Waals surface area (Å²) in [5.41, 5.74) is 9.37. The Kier molecular flexibility index (Phi) is 21.2. The summed E-state index contributed by atoms with van der Waals surface area (Å²) in [5, 5.41) is 3.03. The minimum atomic E-state index is 0.287. The van der Waals surface area contributed by atoms with Crippen LogP contribution in [0.1, 0.15) is 55.4 Å². The van der Waals surface area contributed by atoms with E-state index in [4.69, 9.17) is 67.8 Å². The van der Waals surface area contributed by atoms with Crippen LogP contribution < -0.4 is 57.5 Å². The third-order valence-corrected chi connectivity index (χ3v) is 18.0. The number of benzene rings is 8. The minimum Gasteiger partial charge on any atom is -0.490 e. The second kappa shape index (κ2) is 31.5. The van der Waals surface area contributed by atoms with Gasteiger partial charge in [0.15, 0.2) is 23.3 Å². The molecule has 20 heteroatoms. The van der Waals surface area contributed by atoms with Gasteiger partial charge in [-0.05, 0) is 177 Å². The van der Waals surface area contributed by atoms with Gasteiger partial charge in [-0.25, -0.2) is 29.9 Å². The average molecular weight is 1340 g/mol. The third-order valence-electron chi connectivity index (χ3n) is 18.0. The van der Waals surface area contributed by atoms with Crippen LogP contribution in [0.5, 0.6) is 46.0 Å². The van der Waals surface area contributed by atoms with E-state index in [1.54, 1.807) is 0 Å². The Morgan fingerprint density at radius 2 is 0.480 bits per heavy atom. The van der Waals surface area contributed by atoms with Crippen LogP contribution in [0.2, 0.25) is 0 Å². The number of fused-ring (bicyclic) bond motifs is 20. The molecule has 3 aromatic heterocycles. The summed E-state index contributed by atoms with van der Waals surface area (Å²) >= 11 is 0. The number of hydrogen-bond donors (Lipinski definition) is 2. The third kappa shape index (κ3) is 15.2. The monoisotopic (exact) mass is 1340 g/mol.